The Hall–Kier alpha value is -1.48. The molecule has 0 atom stereocenters. The number of hydrogen-bond donors (Lipinski definition) is 2. The number of aromatic nitrogens is 1. The maximum atomic E-state index is 5.29. The second-order valence-electron chi connectivity index (χ2n) is 5.06. The van der Waals surface area contributed by atoms with Crippen molar-refractivity contribution in [2.45, 2.75) is 31.7 Å². The number of H-pyrrole nitrogens is 1. The van der Waals surface area contributed by atoms with E-state index in [9.17, 15) is 0 Å². The largest absolute Gasteiger partial charge is 0.497 e. The van der Waals surface area contributed by atoms with Crippen molar-refractivity contribution in [3.05, 3.63) is 30.0 Å². The lowest BCUT2D eigenvalue weighted by Crippen LogP contribution is -2.17. The molecule has 1 saturated carbocycles. The Labute approximate surface area is 108 Å². The van der Waals surface area contributed by atoms with Gasteiger partial charge in [0.25, 0.3) is 0 Å². The third-order valence-electron chi connectivity index (χ3n) is 3.61. The van der Waals surface area contributed by atoms with Crippen molar-refractivity contribution < 1.29 is 4.74 Å². The second-order valence-corrected chi connectivity index (χ2v) is 5.06. The number of aromatic amines is 1. The normalized spacial score (nSPS) is 15.2. The molecular formula is C15H20N2O. The van der Waals surface area contributed by atoms with Gasteiger partial charge in [0.05, 0.1) is 7.11 Å². The number of hydrogen-bond acceptors (Lipinski definition) is 2. The van der Waals surface area contributed by atoms with Gasteiger partial charge in [-0.05, 0) is 56.0 Å². The molecule has 96 valence electrons. The number of rotatable bonds is 6. The van der Waals surface area contributed by atoms with E-state index in [1.54, 1.807) is 7.11 Å². The van der Waals surface area contributed by atoms with E-state index >= 15 is 0 Å². The molecule has 18 heavy (non-hydrogen) atoms. The lowest BCUT2D eigenvalue weighted by atomic mass is 10.1. The van der Waals surface area contributed by atoms with Gasteiger partial charge in [-0.3, -0.25) is 0 Å². The lowest BCUT2D eigenvalue weighted by Gasteiger charge is -2.03. The minimum atomic E-state index is 0.813. The molecule has 0 amide bonds. The first-order valence-electron chi connectivity index (χ1n) is 6.74. The summed E-state index contributed by atoms with van der Waals surface area (Å²) < 4.78 is 5.29. The Morgan fingerprint density at radius 1 is 1.39 bits per heavy atom. The summed E-state index contributed by atoms with van der Waals surface area (Å²) in [5.74, 6) is 0.930. The number of fused-ring (bicyclic) bond motifs is 1. The monoisotopic (exact) mass is 244 g/mol. The highest BCUT2D eigenvalue weighted by Gasteiger charge is 2.19. The Morgan fingerprint density at radius 2 is 2.28 bits per heavy atom. The molecular weight excluding hydrogens is 224 g/mol. The van der Waals surface area contributed by atoms with Crippen molar-refractivity contribution in [2.24, 2.45) is 0 Å². The van der Waals surface area contributed by atoms with Crippen molar-refractivity contribution in [3.8, 4) is 5.75 Å². The predicted octanol–water partition coefficient (Wildman–Crippen LogP) is 2.86. The van der Waals surface area contributed by atoms with Crippen molar-refractivity contribution in [3.63, 3.8) is 0 Å². The van der Waals surface area contributed by atoms with Crippen LogP contribution in [0.4, 0.5) is 0 Å². The van der Waals surface area contributed by atoms with Gasteiger partial charge in [-0.1, -0.05) is 0 Å². The second kappa shape index (κ2) is 5.02. The number of aryl methyl sites for hydroxylation is 1. The predicted molar refractivity (Wildman–Crippen MR) is 74.2 cm³/mol. The molecule has 3 rings (SSSR count). The van der Waals surface area contributed by atoms with Crippen molar-refractivity contribution in [1.82, 2.24) is 10.3 Å². The van der Waals surface area contributed by atoms with Crippen LogP contribution < -0.4 is 10.1 Å². The minimum Gasteiger partial charge on any atom is -0.497 e. The fraction of sp³-hybridized carbons (Fsp3) is 0.467. The number of ether oxygens (including phenoxy) is 1. The molecule has 1 aliphatic carbocycles. The third kappa shape index (κ3) is 2.51. The summed E-state index contributed by atoms with van der Waals surface area (Å²) >= 11 is 0. The third-order valence-corrected chi connectivity index (χ3v) is 3.61. The zero-order chi connectivity index (χ0) is 12.4. The van der Waals surface area contributed by atoms with Gasteiger partial charge in [-0.25, -0.2) is 0 Å². The van der Waals surface area contributed by atoms with Gasteiger partial charge < -0.3 is 15.0 Å². The van der Waals surface area contributed by atoms with Crippen LogP contribution in [-0.4, -0.2) is 24.7 Å². The van der Waals surface area contributed by atoms with E-state index in [0.29, 0.717) is 0 Å². The summed E-state index contributed by atoms with van der Waals surface area (Å²) in [6.07, 6.45) is 7.17. The molecule has 1 aliphatic rings. The zero-order valence-electron chi connectivity index (χ0n) is 10.8. The van der Waals surface area contributed by atoms with Crippen LogP contribution in [-0.2, 0) is 6.42 Å². The zero-order valence-corrected chi connectivity index (χ0v) is 10.8. The maximum absolute atomic E-state index is 5.29. The Kier molecular flexibility index (Phi) is 3.24. The van der Waals surface area contributed by atoms with E-state index in [1.165, 1.54) is 35.7 Å². The van der Waals surface area contributed by atoms with E-state index < -0.39 is 0 Å². The smallest absolute Gasteiger partial charge is 0.119 e. The Bertz CT molecular complexity index is 528. The molecule has 1 fully saturated rings. The Balaban J connectivity index is 1.66. The minimum absolute atomic E-state index is 0.813. The van der Waals surface area contributed by atoms with Gasteiger partial charge >= 0.3 is 0 Å². The standard InChI is InChI=1S/C15H20N2O/c1-18-13-6-7-15-14(9-13)11(10-17-15)3-2-8-16-12-4-5-12/h6-7,9-10,12,16-17H,2-5,8H2,1H3. The molecule has 0 bridgehead atoms. The fourth-order valence-electron chi connectivity index (χ4n) is 2.36. The summed E-state index contributed by atoms with van der Waals surface area (Å²) in [5, 5.41) is 4.85. The molecule has 0 radical (unpaired) electrons. The number of benzene rings is 1. The fourth-order valence-corrected chi connectivity index (χ4v) is 2.36. The maximum Gasteiger partial charge on any atom is 0.119 e. The first-order chi connectivity index (χ1) is 8.86. The van der Waals surface area contributed by atoms with Crippen LogP contribution in [0.3, 0.4) is 0 Å². The van der Waals surface area contributed by atoms with Crippen LogP contribution >= 0.6 is 0 Å². The van der Waals surface area contributed by atoms with Gasteiger partial charge in [0.1, 0.15) is 5.75 Å². The molecule has 2 N–H and O–H groups in total. The average molecular weight is 244 g/mol. The van der Waals surface area contributed by atoms with E-state index in [0.717, 1.165) is 24.8 Å². The topological polar surface area (TPSA) is 37.0 Å². The highest BCUT2D eigenvalue weighted by atomic mass is 16.5. The van der Waals surface area contributed by atoms with E-state index in [4.69, 9.17) is 4.74 Å². The van der Waals surface area contributed by atoms with Crippen LogP contribution in [0.5, 0.6) is 5.75 Å². The molecule has 0 unspecified atom stereocenters. The lowest BCUT2D eigenvalue weighted by molar-refractivity contribution is 0.415. The van der Waals surface area contributed by atoms with Gasteiger partial charge in [-0.15, -0.1) is 0 Å². The molecule has 2 aromatic rings. The summed E-state index contributed by atoms with van der Waals surface area (Å²) in [4.78, 5) is 3.33. The quantitative estimate of drug-likeness (QED) is 0.767. The summed E-state index contributed by atoms with van der Waals surface area (Å²) in [6.45, 7) is 1.13. The van der Waals surface area contributed by atoms with Crippen LogP contribution in [0.1, 0.15) is 24.8 Å². The molecule has 0 saturated heterocycles. The number of methoxy groups -OCH3 is 1. The first-order valence-corrected chi connectivity index (χ1v) is 6.74. The van der Waals surface area contributed by atoms with Gasteiger partial charge in [0, 0.05) is 23.1 Å². The van der Waals surface area contributed by atoms with E-state index in [-0.39, 0.29) is 0 Å². The molecule has 0 spiro atoms. The highest BCUT2D eigenvalue weighted by Crippen LogP contribution is 2.24. The molecule has 1 aromatic heterocycles. The Morgan fingerprint density at radius 3 is 3.06 bits per heavy atom. The van der Waals surface area contributed by atoms with Crippen LogP contribution in [0, 0.1) is 0 Å². The highest BCUT2D eigenvalue weighted by molar-refractivity contribution is 5.84. The first kappa shape index (κ1) is 11.6. The van der Waals surface area contributed by atoms with Crippen LogP contribution in [0.15, 0.2) is 24.4 Å². The SMILES string of the molecule is COc1ccc2[nH]cc(CCCNC3CC3)c2c1. The molecule has 1 heterocycles. The summed E-state index contributed by atoms with van der Waals surface area (Å²) in [5.41, 5.74) is 2.59. The molecule has 0 aliphatic heterocycles. The van der Waals surface area contributed by atoms with Crippen molar-refractivity contribution in [1.29, 1.82) is 0 Å². The van der Waals surface area contributed by atoms with Crippen molar-refractivity contribution in [2.75, 3.05) is 13.7 Å². The molecule has 3 nitrogen and oxygen atoms in total. The van der Waals surface area contributed by atoms with Gasteiger partial charge in [-0.2, -0.15) is 0 Å². The number of nitrogens with one attached hydrogen (secondary N) is 2. The average Bonchev–Trinajstić information content (AvgIpc) is 3.15. The van der Waals surface area contributed by atoms with Gasteiger partial charge in [0.2, 0.25) is 0 Å². The van der Waals surface area contributed by atoms with E-state index in [1.807, 2.05) is 6.07 Å². The van der Waals surface area contributed by atoms with Crippen LogP contribution in [0.25, 0.3) is 10.9 Å². The summed E-state index contributed by atoms with van der Waals surface area (Å²) in [6, 6.07) is 7.01. The van der Waals surface area contributed by atoms with Gasteiger partial charge in [0.15, 0.2) is 0 Å². The summed E-state index contributed by atoms with van der Waals surface area (Å²) in [7, 11) is 1.72. The van der Waals surface area contributed by atoms with Crippen LogP contribution in [0.2, 0.25) is 0 Å². The molecule has 3 heteroatoms. The van der Waals surface area contributed by atoms with Crippen molar-refractivity contribution >= 4 is 10.9 Å². The molecule has 1 aromatic carbocycles. The van der Waals surface area contributed by atoms with E-state index in [2.05, 4.69) is 28.6 Å².